The van der Waals surface area contributed by atoms with Crippen molar-refractivity contribution in [1.29, 1.82) is 0 Å². The van der Waals surface area contributed by atoms with Gasteiger partial charge in [-0.3, -0.25) is 0 Å². The van der Waals surface area contributed by atoms with Crippen LogP contribution in [-0.2, 0) is 9.53 Å². The number of carbonyl (C=O) groups excluding carboxylic acids is 1. The Morgan fingerprint density at radius 3 is 1.92 bits per heavy atom. The van der Waals surface area contributed by atoms with E-state index in [-0.39, 0.29) is 11.5 Å². The molecule has 0 rings (SSSR count). The standard InChI is InChI=1S/C11H22O2/c1-9(2)13-11(6,8-12)7-10(3,4)5/h8-9H,7H2,1-6H3. The average molecular weight is 186 g/mol. The van der Waals surface area contributed by atoms with Gasteiger partial charge in [-0.25, -0.2) is 0 Å². The van der Waals surface area contributed by atoms with Crippen LogP contribution in [0.3, 0.4) is 0 Å². The van der Waals surface area contributed by atoms with Crippen LogP contribution in [0, 0.1) is 5.41 Å². The van der Waals surface area contributed by atoms with Gasteiger partial charge in [0.15, 0.2) is 6.29 Å². The summed E-state index contributed by atoms with van der Waals surface area (Å²) in [6.07, 6.45) is 1.76. The van der Waals surface area contributed by atoms with E-state index in [0.717, 1.165) is 12.7 Å². The molecule has 0 saturated heterocycles. The molecule has 0 spiro atoms. The third-order valence-electron chi connectivity index (χ3n) is 1.64. The molecule has 1 unspecified atom stereocenters. The number of rotatable bonds is 4. The van der Waals surface area contributed by atoms with Crippen molar-refractivity contribution in [1.82, 2.24) is 0 Å². The summed E-state index contributed by atoms with van der Waals surface area (Å²) in [5, 5.41) is 0. The van der Waals surface area contributed by atoms with E-state index in [1.807, 2.05) is 20.8 Å². The monoisotopic (exact) mass is 186 g/mol. The molecule has 13 heavy (non-hydrogen) atoms. The lowest BCUT2D eigenvalue weighted by atomic mass is 9.83. The fourth-order valence-corrected chi connectivity index (χ4v) is 1.70. The van der Waals surface area contributed by atoms with E-state index >= 15 is 0 Å². The maximum atomic E-state index is 10.9. The number of ether oxygens (including phenoxy) is 1. The molecule has 0 aromatic rings. The molecule has 0 amide bonds. The summed E-state index contributed by atoms with van der Waals surface area (Å²) >= 11 is 0. The fraction of sp³-hybridized carbons (Fsp3) is 0.909. The van der Waals surface area contributed by atoms with Gasteiger partial charge in [0.1, 0.15) is 5.60 Å². The van der Waals surface area contributed by atoms with E-state index in [0.29, 0.717) is 0 Å². The van der Waals surface area contributed by atoms with Crippen molar-refractivity contribution >= 4 is 6.29 Å². The molecule has 0 fully saturated rings. The van der Waals surface area contributed by atoms with Gasteiger partial charge in [-0.1, -0.05) is 20.8 Å². The Kier molecular flexibility index (Phi) is 4.11. The molecule has 0 N–H and O–H groups in total. The van der Waals surface area contributed by atoms with Crippen LogP contribution < -0.4 is 0 Å². The molecular weight excluding hydrogens is 164 g/mol. The molecule has 0 saturated carbocycles. The van der Waals surface area contributed by atoms with E-state index in [2.05, 4.69) is 20.8 Å². The fourth-order valence-electron chi connectivity index (χ4n) is 1.70. The Morgan fingerprint density at radius 2 is 1.69 bits per heavy atom. The van der Waals surface area contributed by atoms with Gasteiger partial charge in [0, 0.05) is 0 Å². The molecule has 1 atom stereocenters. The Hall–Kier alpha value is -0.370. The van der Waals surface area contributed by atoms with Crippen molar-refractivity contribution in [3.8, 4) is 0 Å². The quantitative estimate of drug-likeness (QED) is 0.631. The van der Waals surface area contributed by atoms with Crippen LogP contribution >= 0.6 is 0 Å². The Bertz CT molecular complexity index is 167. The first-order valence-corrected chi connectivity index (χ1v) is 4.83. The van der Waals surface area contributed by atoms with Crippen LogP contribution in [0.5, 0.6) is 0 Å². The summed E-state index contributed by atoms with van der Waals surface area (Å²) in [6.45, 7) is 12.1. The van der Waals surface area contributed by atoms with Crippen molar-refractivity contribution in [3.05, 3.63) is 0 Å². The van der Waals surface area contributed by atoms with Crippen molar-refractivity contribution in [2.75, 3.05) is 0 Å². The van der Waals surface area contributed by atoms with E-state index < -0.39 is 5.60 Å². The highest BCUT2D eigenvalue weighted by Gasteiger charge is 2.31. The first-order chi connectivity index (χ1) is 5.68. The second-order valence-electron chi connectivity index (χ2n) is 5.33. The highest BCUT2D eigenvalue weighted by molar-refractivity contribution is 5.61. The second-order valence-corrected chi connectivity index (χ2v) is 5.33. The van der Waals surface area contributed by atoms with Crippen molar-refractivity contribution in [3.63, 3.8) is 0 Å². The highest BCUT2D eigenvalue weighted by Crippen LogP contribution is 2.29. The predicted molar refractivity (Wildman–Crippen MR) is 54.8 cm³/mol. The number of carbonyl (C=O) groups is 1. The van der Waals surface area contributed by atoms with E-state index in [1.165, 1.54) is 0 Å². The first kappa shape index (κ1) is 12.6. The molecule has 0 bridgehead atoms. The van der Waals surface area contributed by atoms with Gasteiger partial charge in [-0.05, 0) is 32.6 Å². The van der Waals surface area contributed by atoms with Crippen LogP contribution in [0.25, 0.3) is 0 Å². The van der Waals surface area contributed by atoms with Gasteiger partial charge in [-0.15, -0.1) is 0 Å². The lowest BCUT2D eigenvalue weighted by Gasteiger charge is -2.32. The van der Waals surface area contributed by atoms with Gasteiger partial charge in [0.05, 0.1) is 6.10 Å². The summed E-state index contributed by atoms with van der Waals surface area (Å²) in [4.78, 5) is 10.9. The molecule has 0 aliphatic carbocycles. The molecule has 0 aromatic heterocycles. The summed E-state index contributed by atoms with van der Waals surface area (Å²) in [5.74, 6) is 0. The van der Waals surface area contributed by atoms with Gasteiger partial charge in [0.2, 0.25) is 0 Å². The zero-order chi connectivity index (χ0) is 10.7. The van der Waals surface area contributed by atoms with Crippen LogP contribution in [-0.4, -0.2) is 18.0 Å². The van der Waals surface area contributed by atoms with Crippen molar-refractivity contribution in [2.45, 2.75) is 59.7 Å². The smallest absolute Gasteiger partial charge is 0.151 e. The lowest BCUT2D eigenvalue weighted by molar-refractivity contribution is -0.139. The maximum absolute atomic E-state index is 10.9. The zero-order valence-corrected chi connectivity index (χ0v) is 9.68. The molecular formula is C11H22O2. The normalized spacial score (nSPS) is 17.2. The molecule has 0 aliphatic heterocycles. The molecule has 0 radical (unpaired) electrons. The number of aldehydes is 1. The molecule has 2 nitrogen and oxygen atoms in total. The number of hydrogen-bond donors (Lipinski definition) is 0. The summed E-state index contributed by atoms with van der Waals surface area (Å²) in [6, 6.07) is 0. The van der Waals surface area contributed by atoms with Gasteiger partial charge >= 0.3 is 0 Å². The van der Waals surface area contributed by atoms with E-state index in [4.69, 9.17) is 4.74 Å². The van der Waals surface area contributed by atoms with Crippen LogP contribution in [0.2, 0.25) is 0 Å². The summed E-state index contributed by atoms with van der Waals surface area (Å²) < 4.78 is 5.59. The predicted octanol–water partition coefficient (Wildman–Crippen LogP) is 2.81. The van der Waals surface area contributed by atoms with Crippen LogP contribution in [0.1, 0.15) is 48.0 Å². The van der Waals surface area contributed by atoms with Crippen molar-refractivity contribution < 1.29 is 9.53 Å². The van der Waals surface area contributed by atoms with Gasteiger partial charge < -0.3 is 9.53 Å². The minimum atomic E-state index is -0.633. The zero-order valence-electron chi connectivity index (χ0n) is 9.68. The van der Waals surface area contributed by atoms with E-state index in [9.17, 15) is 4.79 Å². The topological polar surface area (TPSA) is 26.3 Å². The Labute approximate surface area is 81.7 Å². The SMILES string of the molecule is CC(C)OC(C)(C=O)CC(C)(C)C. The molecule has 2 heteroatoms. The van der Waals surface area contributed by atoms with Crippen LogP contribution in [0.4, 0.5) is 0 Å². The molecule has 0 aromatic carbocycles. The Balaban J connectivity index is 4.37. The summed E-state index contributed by atoms with van der Waals surface area (Å²) in [5.41, 5.74) is -0.517. The van der Waals surface area contributed by atoms with Gasteiger partial charge in [-0.2, -0.15) is 0 Å². The van der Waals surface area contributed by atoms with Gasteiger partial charge in [0.25, 0.3) is 0 Å². The largest absolute Gasteiger partial charge is 0.365 e. The minimum Gasteiger partial charge on any atom is -0.365 e. The third-order valence-corrected chi connectivity index (χ3v) is 1.64. The van der Waals surface area contributed by atoms with E-state index in [1.54, 1.807) is 0 Å². The third kappa shape index (κ3) is 5.81. The van der Waals surface area contributed by atoms with Crippen molar-refractivity contribution in [2.24, 2.45) is 5.41 Å². The summed E-state index contributed by atoms with van der Waals surface area (Å²) in [7, 11) is 0. The number of hydrogen-bond acceptors (Lipinski definition) is 2. The second kappa shape index (κ2) is 4.23. The molecule has 0 heterocycles. The Morgan fingerprint density at radius 1 is 1.23 bits per heavy atom. The maximum Gasteiger partial charge on any atom is 0.151 e. The molecule has 0 aliphatic rings. The lowest BCUT2D eigenvalue weighted by Crippen LogP contribution is -2.37. The minimum absolute atomic E-state index is 0.0950. The van der Waals surface area contributed by atoms with Crippen LogP contribution in [0.15, 0.2) is 0 Å². The first-order valence-electron chi connectivity index (χ1n) is 4.83. The highest BCUT2D eigenvalue weighted by atomic mass is 16.5. The average Bonchev–Trinajstić information content (AvgIpc) is 1.81. The molecule has 78 valence electrons.